The summed E-state index contributed by atoms with van der Waals surface area (Å²) < 4.78 is 37.6. The Morgan fingerprint density at radius 3 is 2.46 bits per heavy atom. The smallest absolute Gasteiger partial charge is 0.296 e. The number of para-hydroxylation sites is 1. The average Bonchev–Trinajstić information content (AvgIpc) is 2.87. The van der Waals surface area contributed by atoms with E-state index in [-0.39, 0.29) is 16.3 Å². The van der Waals surface area contributed by atoms with Gasteiger partial charge in [0.15, 0.2) is 0 Å². The Morgan fingerprint density at radius 1 is 1.14 bits per heavy atom. The van der Waals surface area contributed by atoms with Crippen LogP contribution in [-0.4, -0.2) is 24.4 Å². The molecule has 28 heavy (non-hydrogen) atoms. The van der Waals surface area contributed by atoms with Crippen LogP contribution in [0.25, 0.3) is 5.69 Å². The fourth-order valence-electron chi connectivity index (χ4n) is 2.84. The monoisotopic (exact) mass is 465 g/mol. The van der Waals surface area contributed by atoms with Crippen LogP contribution >= 0.6 is 15.9 Å². The summed E-state index contributed by atoms with van der Waals surface area (Å²) in [5.74, 6) is 0.218. The third-order valence-electron chi connectivity index (χ3n) is 4.29. The van der Waals surface area contributed by atoms with E-state index >= 15 is 0 Å². The van der Waals surface area contributed by atoms with Crippen molar-refractivity contribution in [3.63, 3.8) is 0 Å². The molecule has 0 fully saturated rings. The summed E-state index contributed by atoms with van der Waals surface area (Å²) in [7, 11) is -2.35. The number of hydrogen-bond donors (Lipinski definition) is 1. The summed E-state index contributed by atoms with van der Waals surface area (Å²) in [5.41, 5.74) is 0.669. The number of ether oxygens (including phenoxy) is 1. The molecule has 9 heteroatoms. The Morgan fingerprint density at radius 2 is 1.82 bits per heavy atom. The Kier molecular flexibility index (Phi) is 5.66. The maximum atomic E-state index is 13.0. The van der Waals surface area contributed by atoms with Crippen molar-refractivity contribution in [1.82, 2.24) is 9.36 Å². The van der Waals surface area contributed by atoms with Crippen LogP contribution in [0.1, 0.15) is 12.6 Å². The third kappa shape index (κ3) is 3.72. The number of nitrogens with one attached hydrogen (secondary N) is 1. The lowest BCUT2D eigenvalue weighted by atomic mass is 10.3. The van der Waals surface area contributed by atoms with Gasteiger partial charge in [-0.15, -0.1) is 0 Å². The first kappa shape index (κ1) is 20.2. The molecule has 2 aromatic carbocycles. The van der Waals surface area contributed by atoms with Gasteiger partial charge in [-0.3, -0.25) is 14.2 Å². The van der Waals surface area contributed by atoms with Crippen molar-refractivity contribution in [2.45, 2.75) is 18.7 Å². The number of aromatic nitrogens is 2. The normalized spacial score (nSPS) is 11.4. The molecule has 0 bridgehead atoms. The van der Waals surface area contributed by atoms with Crippen molar-refractivity contribution in [1.29, 1.82) is 0 Å². The molecule has 0 atom stereocenters. The highest BCUT2D eigenvalue weighted by atomic mass is 79.9. The van der Waals surface area contributed by atoms with Gasteiger partial charge in [0.1, 0.15) is 16.3 Å². The molecular formula is C19H20BrN3O4S. The van der Waals surface area contributed by atoms with Crippen LogP contribution in [0.5, 0.6) is 5.75 Å². The zero-order chi connectivity index (χ0) is 20.5. The number of anilines is 1. The topological polar surface area (TPSA) is 82.3 Å². The van der Waals surface area contributed by atoms with E-state index in [0.717, 1.165) is 0 Å². The molecular weight excluding hydrogens is 446 g/mol. The van der Waals surface area contributed by atoms with Crippen LogP contribution in [0.3, 0.4) is 0 Å². The first-order chi connectivity index (χ1) is 13.3. The molecule has 0 aliphatic rings. The van der Waals surface area contributed by atoms with E-state index in [1.165, 1.54) is 10.7 Å². The van der Waals surface area contributed by atoms with Gasteiger partial charge >= 0.3 is 0 Å². The number of rotatable bonds is 6. The van der Waals surface area contributed by atoms with Crippen LogP contribution in [0.15, 0.2) is 62.7 Å². The lowest BCUT2D eigenvalue weighted by molar-refractivity contribution is 0.331. The zero-order valence-electron chi connectivity index (χ0n) is 15.6. The minimum absolute atomic E-state index is 0.00576. The van der Waals surface area contributed by atoms with Gasteiger partial charge in [0.25, 0.3) is 15.6 Å². The van der Waals surface area contributed by atoms with Crippen molar-refractivity contribution in [2.24, 2.45) is 7.05 Å². The summed E-state index contributed by atoms with van der Waals surface area (Å²) in [5, 5.41) is 0. The second kappa shape index (κ2) is 7.84. The Balaban J connectivity index is 2.10. The zero-order valence-corrected chi connectivity index (χ0v) is 18.0. The quantitative estimate of drug-likeness (QED) is 0.604. The Labute approximate surface area is 171 Å². The van der Waals surface area contributed by atoms with Crippen molar-refractivity contribution in [3.05, 3.63) is 69.1 Å². The molecule has 1 N–H and O–H groups in total. The van der Waals surface area contributed by atoms with Crippen LogP contribution in [0.2, 0.25) is 0 Å². The first-order valence-corrected chi connectivity index (χ1v) is 10.8. The second-order valence-corrected chi connectivity index (χ2v) is 8.63. The number of sulfonamides is 1. The predicted molar refractivity (Wildman–Crippen MR) is 112 cm³/mol. The van der Waals surface area contributed by atoms with Gasteiger partial charge in [-0.05, 0) is 44.2 Å². The molecule has 7 nitrogen and oxygen atoms in total. The molecule has 1 heterocycles. The summed E-state index contributed by atoms with van der Waals surface area (Å²) in [6.07, 6.45) is 0. The minimum Gasteiger partial charge on any atom is -0.492 e. The van der Waals surface area contributed by atoms with E-state index < -0.39 is 15.6 Å². The van der Waals surface area contributed by atoms with Crippen LogP contribution in [0.4, 0.5) is 5.69 Å². The maximum Gasteiger partial charge on any atom is 0.296 e. The fourth-order valence-corrected chi connectivity index (χ4v) is 4.64. The Hall–Kier alpha value is -2.52. The van der Waals surface area contributed by atoms with E-state index in [1.54, 1.807) is 49.8 Å². The maximum absolute atomic E-state index is 13.0. The number of nitrogens with zero attached hydrogens (tertiary/aromatic N) is 2. The van der Waals surface area contributed by atoms with E-state index in [0.29, 0.717) is 22.5 Å². The lowest BCUT2D eigenvalue weighted by Crippen LogP contribution is -2.23. The molecule has 3 rings (SSSR count). The summed E-state index contributed by atoms with van der Waals surface area (Å²) in [4.78, 5) is 12.9. The third-order valence-corrected chi connectivity index (χ3v) is 6.15. The summed E-state index contributed by atoms with van der Waals surface area (Å²) in [6.45, 7) is 3.77. The molecule has 0 aliphatic carbocycles. The molecule has 0 unspecified atom stereocenters. The predicted octanol–water partition coefficient (Wildman–Crippen LogP) is 3.45. The SMILES string of the molecule is CCOc1ccc(Br)cc1S(=O)(=O)Nc1c(C)n(C)n(-c2ccccc2)c1=O. The average molecular weight is 466 g/mol. The largest absolute Gasteiger partial charge is 0.492 e. The first-order valence-electron chi connectivity index (χ1n) is 8.55. The van der Waals surface area contributed by atoms with Crippen molar-refractivity contribution in [3.8, 4) is 11.4 Å². The van der Waals surface area contributed by atoms with Crippen molar-refractivity contribution in [2.75, 3.05) is 11.3 Å². The van der Waals surface area contributed by atoms with Gasteiger partial charge < -0.3 is 4.74 Å². The molecule has 0 amide bonds. The van der Waals surface area contributed by atoms with Crippen molar-refractivity contribution < 1.29 is 13.2 Å². The Bertz CT molecular complexity index is 1170. The van der Waals surface area contributed by atoms with E-state index in [9.17, 15) is 13.2 Å². The molecule has 148 valence electrons. The fraction of sp³-hybridized carbons (Fsp3) is 0.211. The molecule has 1 aromatic heterocycles. The minimum atomic E-state index is -4.05. The lowest BCUT2D eigenvalue weighted by Gasteiger charge is -2.12. The molecule has 0 spiro atoms. The summed E-state index contributed by atoms with van der Waals surface area (Å²) >= 11 is 3.28. The van der Waals surface area contributed by atoms with Gasteiger partial charge in [0.05, 0.1) is 18.0 Å². The highest BCUT2D eigenvalue weighted by Crippen LogP contribution is 2.29. The van der Waals surface area contributed by atoms with Crippen LogP contribution in [0, 0.1) is 6.92 Å². The number of hydrogen-bond acceptors (Lipinski definition) is 4. The number of benzene rings is 2. The van der Waals surface area contributed by atoms with E-state index in [1.807, 2.05) is 18.2 Å². The van der Waals surface area contributed by atoms with E-state index in [4.69, 9.17) is 4.74 Å². The van der Waals surface area contributed by atoms with Gasteiger partial charge in [0, 0.05) is 11.5 Å². The molecule has 0 saturated heterocycles. The summed E-state index contributed by atoms with van der Waals surface area (Å²) in [6, 6.07) is 13.7. The van der Waals surface area contributed by atoms with Gasteiger partial charge in [-0.2, -0.15) is 0 Å². The van der Waals surface area contributed by atoms with Crippen LogP contribution in [-0.2, 0) is 17.1 Å². The van der Waals surface area contributed by atoms with Gasteiger partial charge in [-0.25, -0.2) is 13.1 Å². The molecule has 3 aromatic rings. The van der Waals surface area contributed by atoms with E-state index in [2.05, 4.69) is 20.7 Å². The van der Waals surface area contributed by atoms with Gasteiger partial charge in [0.2, 0.25) is 0 Å². The molecule has 0 radical (unpaired) electrons. The highest BCUT2D eigenvalue weighted by molar-refractivity contribution is 9.10. The second-order valence-electron chi connectivity index (χ2n) is 6.07. The van der Waals surface area contributed by atoms with Crippen LogP contribution < -0.4 is 15.0 Å². The van der Waals surface area contributed by atoms with Crippen molar-refractivity contribution >= 4 is 31.6 Å². The van der Waals surface area contributed by atoms with Gasteiger partial charge in [-0.1, -0.05) is 34.1 Å². The standard InChI is InChI=1S/C19H20BrN3O4S/c1-4-27-16-11-10-14(20)12-17(16)28(25,26)21-18-13(2)22(3)23(19(18)24)15-8-6-5-7-9-15/h5-12,21H,4H2,1-3H3. The number of halogens is 1. The molecule has 0 aliphatic heterocycles. The highest BCUT2D eigenvalue weighted by Gasteiger charge is 2.25. The molecule has 0 saturated carbocycles.